The molecule has 0 saturated carbocycles. The van der Waals surface area contributed by atoms with E-state index in [0.717, 1.165) is 25.5 Å². The number of aromatic nitrogens is 1. The van der Waals surface area contributed by atoms with Crippen LogP contribution in [0.5, 0.6) is 0 Å². The van der Waals surface area contributed by atoms with Gasteiger partial charge in [-0.05, 0) is 19.8 Å². The summed E-state index contributed by atoms with van der Waals surface area (Å²) in [6.45, 7) is 3.24. The molecule has 1 aromatic heterocycles. The highest BCUT2D eigenvalue weighted by Crippen LogP contribution is 2.36. The van der Waals surface area contributed by atoms with Gasteiger partial charge in [0, 0.05) is 31.4 Å². The van der Waals surface area contributed by atoms with Crippen molar-refractivity contribution in [3.05, 3.63) is 34.4 Å². The fourth-order valence-electron chi connectivity index (χ4n) is 3.11. The highest BCUT2D eigenvalue weighted by molar-refractivity contribution is 6.36. The van der Waals surface area contributed by atoms with Crippen molar-refractivity contribution in [1.29, 1.82) is 0 Å². The van der Waals surface area contributed by atoms with E-state index in [1.807, 2.05) is 6.92 Å². The normalized spacial score (nSPS) is 18.4. The molecule has 6 heteroatoms. The van der Waals surface area contributed by atoms with E-state index in [1.54, 1.807) is 7.11 Å². The van der Waals surface area contributed by atoms with Crippen LogP contribution >= 0.6 is 11.6 Å². The van der Waals surface area contributed by atoms with Crippen molar-refractivity contribution >= 4 is 28.3 Å². The average molecular weight is 327 g/mol. The van der Waals surface area contributed by atoms with Gasteiger partial charge in [-0.25, -0.2) is 13.8 Å². The number of rotatable bonds is 3. The topological polar surface area (TPSA) is 25.4 Å². The zero-order valence-electron chi connectivity index (χ0n) is 12.5. The van der Waals surface area contributed by atoms with Gasteiger partial charge in [-0.2, -0.15) is 0 Å². The van der Waals surface area contributed by atoms with Gasteiger partial charge in [0.2, 0.25) is 0 Å². The molecule has 22 heavy (non-hydrogen) atoms. The lowest BCUT2D eigenvalue weighted by Gasteiger charge is -2.27. The fraction of sp³-hybridized carbons (Fsp3) is 0.438. The molecule has 0 unspecified atom stereocenters. The number of fused-ring (bicyclic) bond motifs is 1. The monoisotopic (exact) mass is 326 g/mol. The number of ether oxygens (including phenoxy) is 1. The second-order valence-corrected chi connectivity index (χ2v) is 5.98. The first-order valence-corrected chi connectivity index (χ1v) is 7.61. The number of methoxy groups -OCH3 is 1. The Balaban J connectivity index is 2.16. The minimum atomic E-state index is -0.683. The Morgan fingerprint density at radius 1 is 1.41 bits per heavy atom. The second-order valence-electron chi connectivity index (χ2n) is 5.60. The molecule has 3 nitrogen and oxygen atoms in total. The third kappa shape index (κ3) is 2.52. The van der Waals surface area contributed by atoms with Crippen LogP contribution in [0.1, 0.15) is 18.4 Å². The van der Waals surface area contributed by atoms with Crippen molar-refractivity contribution in [3.8, 4) is 0 Å². The van der Waals surface area contributed by atoms with Crippen molar-refractivity contribution < 1.29 is 13.5 Å². The highest BCUT2D eigenvalue weighted by atomic mass is 35.5. The lowest BCUT2D eigenvalue weighted by atomic mass is 10.1. The molecule has 118 valence electrons. The number of anilines is 1. The summed E-state index contributed by atoms with van der Waals surface area (Å²) in [6, 6.07) is 2.26. The van der Waals surface area contributed by atoms with Gasteiger partial charge in [-0.1, -0.05) is 11.6 Å². The van der Waals surface area contributed by atoms with E-state index in [-0.39, 0.29) is 16.9 Å². The van der Waals surface area contributed by atoms with Crippen LogP contribution in [0.3, 0.4) is 0 Å². The number of nitrogens with zero attached hydrogens (tertiary/aromatic N) is 2. The van der Waals surface area contributed by atoms with Crippen molar-refractivity contribution in [2.24, 2.45) is 0 Å². The summed E-state index contributed by atoms with van der Waals surface area (Å²) in [6.07, 6.45) is 2.03. The summed E-state index contributed by atoms with van der Waals surface area (Å²) in [5.74, 6) is -0.655. The maximum atomic E-state index is 14.0. The van der Waals surface area contributed by atoms with Crippen LogP contribution in [0.4, 0.5) is 14.6 Å². The summed E-state index contributed by atoms with van der Waals surface area (Å²) < 4.78 is 32.7. The van der Waals surface area contributed by atoms with Gasteiger partial charge in [-0.15, -0.1) is 0 Å². The largest absolute Gasteiger partial charge is 0.383 e. The number of pyridine rings is 1. The van der Waals surface area contributed by atoms with Gasteiger partial charge in [0.15, 0.2) is 0 Å². The van der Waals surface area contributed by atoms with Crippen LogP contribution in [-0.2, 0) is 4.74 Å². The summed E-state index contributed by atoms with van der Waals surface area (Å²) in [5.41, 5.74) is 0.953. The first-order valence-electron chi connectivity index (χ1n) is 7.23. The van der Waals surface area contributed by atoms with Gasteiger partial charge in [0.25, 0.3) is 0 Å². The van der Waals surface area contributed by atoms with Gasteiger partial charge in [0.1, 0.15) is 17.5 Å². The van der Waals surface area contributed by atoms with Crippen LogP contribution in [0.25, 0.3) is 10.9 Å². The Kier molecular flexibility index (Phi) is 4.19. The molecule has 0 bridgehead atoms. The molecule has 3 rings (SSSR count). The first-order chi connectivity index (χ1) is 10.5. The van der Waals surface area contributed by atoms with E-state index < -0.39 is 11.6 Å². The van der Waals surface area contributed by atoms with Gasteiger partial charge >= 0.3 is 0 Å². The summed E-state index contributed by atoms with van der Waals surface area (Å²) >= 11 is 6.33. The Morgan fingerprint density at radius 2 is 2.18 bits per heavy atom. The SMILES string of the molecule is COC[C@H]1CCCN1c1nc2cc(F)cc(F)c2c(Cl)c1C. The van der Waals surface area contributed by atoms with Crippen LogP contribution in [-0.4, -0.2) is 31.3 Å². The standard InChI is InChI=1S/C16H17ClF2N2O/c1-9-15(17)14-12(19)6-10(18)7-13(14)20-16(9)21-5-3-4-11(21)8-22-2/h6-7,11H,3-5,8H2,1-2H3/t11-/m1/s1. The van der Waals surface area contributed by atoms with Crippen molar-refractivity contribution in [2.45, 2.75) is 25.8 Å². The van der Waals surface area contributed by atoms with Crippen molar-refractivity contribution in [2.75, 3.05) is 25.2 Å². The summed E-state index contributed by atoms with van der Waals surface area (Å²) in [5, 5.41) is 0.465. The van der Waals surface area contributed by atoms with Gasteiger partial charge in [0.05, 0.1) is 28.6 Å². The molecular weight excluding hydrogens is 310 g/mol. The molecule has 0 spiro atoms. The van der Waals surface area contributed by atoms with E-state index in [2.05, 4.69) is 9.88 Å². The molecule has 1 aliphatic rings. The maximum Gasteiger partial charge on any atom is 0.137 e. The average Bonchev–Trinajstić information content (AvgIpc) is 2.90. The van der Waals surface area contributed by atoms with Crippen LogP contribution < -0.4 is 4.90 Å². The highest BCUT2D eigenvalue weighted by Gasteiger charge is 2.28. The predicted molar refractivity (Wildman–Crippen MR) is 83.7 cm³/mol. The molecule has 0 aliphatic carbocycles. The van der Waals surface area contributed by atoms with Gasteiger partial charge < -0.3 is 9.64 Å². The molecule has 0 amide bonds. The second kappa shape index (κ2) is 5.97. The molecule has 0 radical (unpaired) electrons. The zero-order chi connectivity index (χ0) is 15.9. The first kappa shape index (κ1) is 15.4. The number of halogens is 3. The third-order valence-corrected chi connectivity index (χ3v) is 4.63. The van der Waals surface area contributed by atoms with E-state index in [4.69, 9.17) is 16.3 Å². The predicted octanol–water partition coefficient (Wildman–Crippen LogP) is 4.09. The molecule has 0 N–H and O–H groups in total. The molecule has 2 heterocycles. The minimum Gasteiger partial charge on any atom is -0.383 e. The van der Waals surface area contributed by atoms with E-state index in [9.17, 15) is 8.78 Å². The third-order valence-electron chi connectivity index (χ3n) is 4.15. The van der Waals surface area contributed by atoms with Crippen LogP contribution in [0.15, 0.2) is 12.1 Å². The Hall–Kier alpha value is -1.46. The molecule has 2 aromatic rings. The zero-order valence-corrected chi connectivity index (χ0v) is 13.3. The Morgan fingerprint density at radius 3 is 2.91 bits per heavy atom. The molecule has 1 aromatic carbocycles. The van der Waals surface area contributed by atoms with Crippen LogP contribution in [0, 0.1) is 18.6 Å². The number of hydrogen-bond acceptors (Lipinski definition) is 3. The Labute approximate surface area is 132 Å². The Bertz CT molecular complexity index is 723. The smallest absolute Gasteiger partial charge is 0.137 e. The van der Waals surface area contributed by atoms with E-state index in [0.29, 0.717) is 23.0 Å². The molecule has 1 aliphatic heterocycles. The van der Waals surface area contributed by atoms with E-state index in [1.165, 1.54) is 6.07 Å². The van der Waals surface area contributed by atoms with E-state index >= 15 is 0 Å². The quantitative estimate of drug-likeness (QED) is 0.849. The fourth-order valence-corrected chi connectivity index (χ4v) is 3.38. The lowest BCUT2D eigenvalue weighted by Crippen LogP contribution is -2.34. The summed E-state index contributed by atoms with van der Waals surface area (Å²) in [4.78, 5) is 6.60. The molecular formula is C16H17ClF2N2O. The van der Waals surface area contributed by atoms with Crippen molar-refractivity contribution in [3.63, 3.8) is 0 Å². The van der Waals surface area contributed by atoms with Gasteiger partial charge in [-0.3, -0.25) is 0 Å². The van der Waals surface area contributed by atoms with Crippen molar-refractivity contribution in [1.82, 2.24) is 4.98 Å². The molecule has 1 fully saturated rings. The van der Waals surface area contributed by atoms with Crippen LogP contribution in [0.2, 0.25) is 5.02 Å². The molecule has 1 atom stereocenters. The molecule has 1 saturated heterocycles. The number of hydrogen-bond donors (Lipinski definition) is 0. The summed E-state index contributed by atoms with van der Waals surface area (Å²) in [7, 11) is 1.66. The lowest BCUT2D eigenvalue weighted by molar-refractivity contribution is 0.180. The number of benzene rings is 1. The minimum absolute atomic E-state index is 0.173. The maximum absolute atomic E-state index is 14.0.